The Balaban J connectivity index is 2.29. The van der Waals surface area contributed by atoms with Crippen molar-refractivity contribution in [1.29, 1.82) is 0 Å². The third-order valence-electron chi connectivity index (χ3n) is 3.85. The molecule has 0 fully saturated rings. The molecule has 2 heteroatoms. The summed E-state index contributed by atoms with van der Waals surface area (Å²) in [6, 6.07) is 14.3. The maximum atomic E-state index is 6.16. The lowest BCUT2D eigenvalue weighted by Gasteiger charge is -2.17. The number of aryl methyl sites for hydroxylation is 1. The summed E-state index contributed by atoms with van der Waals surface area (Å²) in [4.78, 5) is 0. The number of para-hydroxylation sites is 1. The van der Waals surface area contributed by atoms with E-state index in [1.165, 1.54) is 11.1 Å². The van der Waals surface area contributed by atoms with E-state index in [0.29, 0.717) is 5.92 Å². The van der Waals surface area contributed by atoms with Crippen LogP contribution in [0.2, 0.25) is 0 Å². The van der Waals surface area contributed by atoms with E-state index in [2.05, 4.69) is 39.8 Å². The third kappa shape index (κ3) is 3.64. The number of hydrogen-bond donors (Lipinski definition) is 1. The van der Waals surface area contributed by atoms with Gasteiger partial charge in [0.1, 0.15) is 11.5 Å². The normalized spacial score (nSPS) is 12.5. The number of benzene rings is 2. The van der Waals surface area contributed by atoms with Gasteiger partial charge in [-0.05, 0) is 48.6 Å². The predicted octanol–water partition coefficient (Wildman–Crippen LogP) is 5.32. The van der Waals surface area contributed by atoms with Crippen molar-refractivity contribution in [3.63, 3.8) is 0 Å². The zero-order valence-corrected chi connectivity index (χ0v) is 13.4. The van der Waals surface area contributed by atoms with Gasteiger partial charge in [0.2, 0.25) is 0 Å². The van der Waals surface area contributed by atoms with E-state index >= 15 is 0 Å². The topological polar surface area (TPSA) is 35.2 Å². The molecule has 2 aromatic carbocycles. The fraction of sp³-hybridized carbons (Fsp3) is 0.368. The molecule has 1 atom stereocenters. The molecule has 21 heavy (non-hydrogen) atoms. The number of rotatable bonds is 5. The molecular formula is C19H25NO. The first kappa shape index (κ1) is 15.6. The van der Waals surface area contributed by atoms with Crippen LogP contribution in [0.25, 0.3) is 0 Å². The van der Waals surface area contributed by atoms with Gasteiger partial charge < -0.3 is 10.5 Å². The van der Waals surface area contributed by atoms with Gasteiger partial charge in [0.25, 0.3) is 0 Å². The van der Waals surface area contributed by atoms with E-state index in [4.69, 9.17) is 10.5 Å². The minimum Gasteiger partial charge on any atom is -0.457 e. The number of hydrogen-bond acceptors (Lipinski definition) is 2. The van der Waals surface area contributed by atoms with Gasteiger partial charge in [0.05, 0.1) is 0 Å². The lowest BCUT2D eigenvalue weighted by atomic mass is 9.98. The first-order chi connectivity index (χ1) is 10.0. The molecule has 0 heterocycles. The van der Waals surface area contributed by atoms with E-state index in [-0.39, 0.29) is 6.04 Å². The Kier molecular flexibility index (Phi) is 5.03. The van der Waals surface area contributed by atoms with Crippen LogP contribution in [0.4, 0.5) is 0 Å². The smallest absolute Gasteiger partial charge is 0.132 e. The summed E-state index contributed by atoms with van der Waals surface area (Å²) in [6.07, 6.45) is 0.895. The van der Waals surface area contributed by atoms with Crippen LogP contribution in [0.1, 0.15) is 55.8 Å². The van der Waals surface area contributed by atoms with Crippen LogP contribution in [0.15, 0.2) is 42.5 Å². The molecule has 0 saturated carbocycles. The molecule has 1 unspecified atom stereocenters. The zero-order chi connectivity index (χ0) is 15.4. The predicted molar refractivity (Wildman–Crippen MR) is 89.0 cm³/mol. The van der Waals surface area contributed by atoms with Gasteiger partial charge in [-0.1, -0.05) is 45.0 Å². The van der Waals surface area contributed by atoms with Crippen molar-refractivity contribution in [3.05, 3.63) is 59.2 Å². The minimum atomic E-state index is 0.0113. The third-order valence-corrected chi connectivity index (χ3v) is 3.85. The highest BCUT2D eigenvalue weighted by atomic mass is 16.5. The van der Waals surface area contributed by atoms with Gasteiger partial charge >= 0.3 is 0 Å². The van der Waals surface area contributed by atoms with E-state index in [0.717, 1.165) is 23.5 Å². The Morgan fingerprint density at radius 1 is 1.05 bits per heavy atom. The van der Waals surface area contributed by atoms with Gasteiger partial charge in [-0.2, -0.15) is 0 Å². The fourth-order valence-electron chi connectivity index (χ4n) is 2.59. The Morgan fingerprint density at radius 2 is 1.76 bits per heavy atom. The van der Waals surface area contributed by atoms with Crippen LogP contribution in [-0.4, -0.2) is 0 Å². The highest BCUT2D eigenvalue weighted by molar-refractivity contribution is 5.42. The minimum absolute atomic E-state index is 0.0113. The molecule has 2 nitrogen and oxygen atoms in total. The summed E-state index contributed by atoms with van der Waals surface area (Å²) in [5.41, 5.74) is 9.85. The van der Waals surface area contributed by atoms with Crippen LogP contribution < -0.4 is 10.5 Å². The molecule has 2 aromatic rings. The first-order valence-electron chi connectivity index (χ1n) is 7.65. The molecule has 0 aliphatic carbocycles. The van der Waals surface area contributed by atoms with Crippen molar-refractivity contribution in [2.75, 3.05) is 0 Å². The molecule has 2 rings (SSSR count). The van der Waals surface area contributed by atoms with Crippen molar-refractivity contribution in [3.8, 4) is 11.5 Å². The summed E-state index contributed by atoms with van der Waals surface area (Å²) < 4.78 is 6.07. The quantitative estimate of drug-likeness (QED) is 0.806. The van der Waals surface area contributed by atoms with Gasteiger partial charge in [0, 0.05) is 11.6 Å². The second-order valence-corrected chi connectivity index (χ2v) is 5.83. The summed E-state index contributed by atoms with van der Waals surface area (Å²) in [6.45, 7) is 8.63. The SMILES string of the molecule is CCC(N)c1ccccc1Oc1ccc(C(C)C)c(C)c1. The van der Waals surface area contributed by atoms with Crippen LogP contribution in [0.3, 0.4) is 0 Å². The van der Waals surface area contributed by atoms with Crippen LogP contribution >= 0.6 is 0 Å². The largest absolute Gasteiger partial charge is 0.457 e. The van der Waals surface area contributed by atoms with Gasteiger partial charge in [-0.15, -0.1) is 0 Å². The van der Waals surface area contributed by atoms with E-state index in [1.807, 2.05) is 30.3 Å². The summed E-state index contributed by atoms with van der Waals surface area (Å²) in [5, 5.41) is 0. The molecule has 0 radical (unpaired) electrons. The lowest BCUT2D eigenvalue weighted by Crippen LogP contribution is -2.09. The van der Waals surface area contributed by atoms with E-state index in [1.54, 1.807) is 0 Å². The van der Waals surface area contributed by atoms with Gasteiger partial charge in [0.15, 0.2) is 0 Å². The fourth-order valence-corrected chi connectivity index (χ4v) is 2.59. The van der Waals surface area contributed by atoms with Crippen LogP contribution in [-0.2, 0) is 0 Å². The molecular weight excluding hydrogens is 258 g/mol. The molecule has 112 valence electrons. The summed E-state index contributed by atoms with van der Waals surface area (Å²) in [5.74, 6) is 2.25. The Labute approximate surface area is 127 Å². The number of nitrogens with two attached hydrogens (primary N) is 1. The molecule has 2 N–H and O–H groups in total. The molecule has 0 amide bonds. The average Bonchev–Trinajstić information content (AvgIpc) is 2.46. The molecule has 0 aromatic heterocycles. The van der Waals surface area contributed by atoms with Crippen LogP contribution in [0, 0.1) is 6.92 Å². The van der Waals surface area contributed by atoms with E-state index in [9.17, 15) is 0 Å². The second kappa shape index (κ2) is 6.77. The Morgan fingerprint density at radius 3 is 2.38 bits per heavy atom. The highest BCUT2D eigenvalue weighted by Gasteiger charge is 2.11. The monoisotopic (exact) mass is 283 g/mol. The Bertz CT molecular complexity index is 604. The maximum Gasteiger partial charge on any atom is 0.132 e. The van der Waals surface area contributed by atoms with Crippen molar-refractivity contribution >= 4 is 0 Å². The Hall–Kier alpha value is -1.80. The van der Waals surface area contributed by atoms with Crippen molar-refractivity contribution in [2.45, 2.75) is 46.1 Å². The molecule has 0 bridgehead atoms. The lowest BCUT2D eigenvalue weighted by molar-refractivity contribution is 0.468. The first-order valence-corrected chi connectivity index (χ1v) is 7.65. The molecule has 0 saturated heterocycles. The van der Waals surface area contributed by atoms with Gasteiger partial charge in [-0.25, -0.2) is 0 Å². The summed E-state index contributed by atoms with van der Waals surface area (Å²) >= 11 is 0. The summed E-state index contributed by atoms with van der Waals surface area (Å²) in [7, 11) is 0. The number of ether oxygens (including phenoxy) is 1. The standard InChI is InChI=1S/C19H25NO/c1-5-18(20)17-8-6-7-9-19(17)21-15-10-11-16(13(2)3)14(4)12-15/h6-13,18H,5,20H2,1-4H3. The van der Waals surface area contributed by atoms with Crippen molar-refractivity contribution in [1.82, 2.24) is 0 Å². The van der Waals surface area contributed by atoms with Crippen molar-refractivity contribution < 1.29 is 4.74 Å². The maximum absolute atomic E-state index is 6.16. The second-order valence-electron chi connectivity index (χ2n) is 5.83. The average molecular weight is 283 g/mol. The molecule has 0 aliphatic heterocycles. The zero-order valence-electron chi connectivity index (χ0n) is 13.4. The van der Waals surface area contributed by atoms with Gasteiger partial charge in [-0.3, -0.25) is 0 Å². The highest BCUT2D eigenvalue weighted by Crippen LogP contribution is 2.31. The molecule has 0 aliphatic rings. The van der Waals surface area contributed by atoms with E-state index < -0.39 is 0 Å². The molecule has 0 spiro atoms. The van der Waals surface area contributed by atoms with Crippen LogP contribution in [0.5, 0.6) is 11.5 Å². The van der Waals surface area contributed by atoms with Crippen molar-refractivity contribution in [2.24, 2.45) is 5.73 Å².